The van der Waals surface area contributed by atoms with Crippen LogP contribution < -0.4 is 5.32 Å². The number of carbonyl (C=O) groups excluding carboxylic acids is 2. The Morgan fingerprint density at radius 2 is 1.79 bits per heavy atom. The summed E-state index contributed by atoms with van der Waals surface area (Å²) in [6.45, 7) is 7.07. The summed E-state index contributed by atoms with van der Waals surface area (Å²) < 4.78 is 5.28. The third-order valence-electron chi connectivity index (χ3n) is 1.96. The fraction of sp³-hybridized carbons (Fsp3) is 0.600. The number of allylic oxidation sites excluding steroid dienone is 1. The van der Waals surface area contributed by atoms with Crippen LogP contribution in [0.3, 0.4) is 0 Å². The lowest BCUT2D eigenvalue weighted by Crippen LogP contribution is -2.35. The Labute approximate surface area is 83.3 Å². The zero-order valence-corrected chi connectivity index (χ0v) is 8.93. The average molecular weight is 197 g/mol. The highest BCUT2D eigenvalue weighted by Crippen LogP contribution is 2.20. The zero-order chi connectivity index (χ0) is 10.9. The van der Waals surface area contributed by atoms with Crippen LogP contribution in [0.15, 0.2) is 11.5 Å². The minimum absolute atomic E-state index is 0.121. The number of carbonyl (C=O) groups is 2. The van der Waals surface area contributed by atoms with Gasteiger partial charge in [-0.3, -0.25) is 9.59 Å². The number of Topliss-reactive ketones (excluding diaryl/α,β-unsaturated/α-hetero) is 2. The van der Waals surface area contributed by atoms with E-state index in [4.69, 9.17) is 4.74 Å². The summed E-state index contributed by atoms with van der Waals surface area (Å²) in [5.74, 6) is -0.217. The van der Waals surface area contributed by atoms with Gasteiger partial charge in [0.15, 0.2) is 11.6 Å². The molecule has 1 aliphatic heterocycles. The van der Waals surface area contributed by atoms with E-state index in [1.807, 2.05) is 13.8 Å². The van der Waals surface area contributed by atoms with Crippen molar-refractivity contribution in [3.8, 4) is 0 Å². The van der Waals surface area contributed by atoms with E-state index in [2.05, 4.69) is 5.32 Å². The van der Waals surface area contributed by atoms with E-state index in [0.717, 1.165) is 0 Å². The summed E-state index contributed by atoms with van der Waals surface area (Å²) in [5.41, 5.74) is -0.0959. The van der Waals surface area contributed by atoms with Gasteiger partial charge in [0.25, 0.3) is 0 Å². The van der Waals surface area contributed by atoms with Crippen LogP contribution in [0.2, 0.25) is 0 Å². The summed E-state index contributed by atoms with van der Waals surface area (Å²) in [5, 5.41) is 3.01. The molecule has 1 saturated heterocycles. The molecule has 0 radical (unpaired) electrons. The van der Waals surface area contributed by atoms with Crippen LogP contribution in [0.5, 0.6) is 0 Å². The molecule has 1 aliphatic rings. The lowest BCUT2D eigenvalue weighted by Gasteiger charge is -2.13. The van der Waals surface area contributed by atoms with Gasteiger partial charge in [0.1, 0.15) is 12.2 Å². The third kappa shape index (κ3) is 2.13. The molecule has 1 fully saturated rings. The fourth-order valence-electron chi connectivity index (χ4n) is 1.33. The van der Waals surface area contributed by atoms with Crippen LogP contribution in [-0.4, -0.2) is 23.7 Å². The van der Waals surface area contributed by atoms with Crippen molar-refractivity contribution in [1.29, 1.82) is 0 Å². The predicted octanol–water partition coefficient (Wildman–Crippen LogP) is 0.774. The van der Waals surface area contributed by atoms with Crippen molar-refractivity contribution in [3.05, 3.63) is 11.5 Å². The molecule has 0 spiro atoms. The third-order valence-corrected chi connectivity index (χ3v) is 1.96. The molecule has 4 heteroatoms. The summed E-state index contributed by atoms with van der Waals surface area (Å²) in [7, 11) is 0. The van der Waals surface area contributed by atoms with Crippen molar-refractivity contribution in [2.45, 2.75) is 33.2 Å². The molecule has 1 rings (SSSR count). The van der Waals surface area contributed by atoms with Crippen LogP contribution in [0.1, 0.15) is 27.7 Å². The van der Waals surface area contributed by atoms with Crippen molar-refractivity contribution in [2.75, 3.05) is 6.61 Å². The molecule has 0 bridgehead atoms. The number of rotatable bonds is 2. The van der Waals surface area contributed by atoms with E-state index in [9.17, 15) is 9.59 Å². The van der Waals surface area contributed by atoms with E-state index in [1.54, 1.807) is 0 Å². The Kier molecular flexibility index (Phi) is 2.64. The van der Waals surface area contributed by atoms with Crippen molar-refractivity contribution < 1.29 is 14.3 Å². The second-order valence-electron chi connectivity index (χ2n) is 4.11. The van der Waals surface area contributed by atoms with Crippen LogP contribution in [-0.2, 0) is 14.3 Å². The highest BCUT2D eigenvalue weighted by atomic mass is 16.5. The molecule has 0 atom stereocenters. The van der Waals surface area contributed by atoms with Gasteiger partial charge in [0.2, 0.25) is 5.88 Å². The minimum atomic E-state index is -0.266. The molecule has 4 nitrogen and oxygen atoms in total. The topological polar surface area (TPSA) is 55.4 Å². The first-order valence-corrected chi connectivity index (χ1v) is 4.50. The normalized spacial score (nSPS) is 18.4. The molecular weight excluding hydrogens is 182 g/mol. The van der Waals surface area contributed by atoms with Gasteiger partial charge < -0.3 is 10.1 Å². The largest absolute Gasteiger partial charge is 0.476 e. The molecule has 0 aliphatic carbocycles. The van der Waals surface area contributed by atoms with Crippen molar-refractivity contribution in [2.24, 2.45) is 0 Å². The highest BCUT2D eigenvalue weighted by molar-refractivity contribution is 6.18. The van der Waals surface area contributed by atoms with Crippen LogP contribution in [0.25, 0.3) is 0 Å². The van der Waals surface area contributed by atoms with E-state index >= 15 is 0 Å². The maximum absolute atomic E-state index is 11.2. The molecule has 0 aromatic carbocycles. The van der Waals surface area contributed by atoms with E-state index < -0.39 is 0 Å². The lowest BCUT2D eigenvalue weighted by atomic mass is 10.1. The van der Waals surface area contributed by atoms with Crippen molar-refractivity contribution >= 4 is 11.6 Å². The first-order chi connectivity index (χ1) is 6.33. The number of nitrogens with one attached hydrogen (secondary N) is 1. The molecule has 0 aromatic heterocycles. The van der Waals surface area contributed by atoms with Crippen molar-refractivity contribution in [1.82, 2.24) is 5.32 Å². The minimum Gasteiger partial charge on any atom is -0.476 e. The lowest BCUT2D eigenvalue weighted by molar-refractivity contribution is -0.119. The average Bonchev–Trinajstić information content (AvgIpc) is 2.28. The second kappa shape index (κ2) is 3.44. The summed E-state index contributed by atoms with van der Waals surface area (Å²) >= 11 is 0. The Balaban J connectivity index is 3.03. The van der Waals surface area contributed by atoms with Crippen LogP contribution in [0, 0.1) is 0 Å². The Morgan fingerprint density at radius 1 is 1.29 bits per heavy atom. The molecular formula is C10H15NO3. The molecule has 14 heavy (non-hydrogen) atoms. The SMILES string of the molecule is CC(=O)C(C(C)=O)=C1NC(C)(C)CO1. The van der Waals surface area contributed by atoms with Crippen LogP contribution >= 0.6 is 0 Å². The summed E-state index contributed by atoms with van der Waals surface area (Å²) in [4.78, 5) is 22.4. The van der Waals surface area contributed by atoms with Gasteiger partial charge in [-0.15, -0.1) is 0 Å². The molecule has 78 valence electrons. The van der Waals surface area contributed by atoms with Gasteiger partial charge in [-0.05, 0) is 27.7 Å². The number of hydrogen-bond donors (Lipinski definition) is 1. The van der Waals surface area contributed by atoms with Gasteiger partial charge >= 0.3 is 0 Å². The van der Waals surface area contributed by atoms with Crippen LogP contribution in [0.4, 0.5) is 0 Å². The predicted molar refractivity (Wildman–Crippen MR) is 51.6 cm³/mol. The molecule has 0 amide bonds. The summed E-state index contributed by atoms with van der Waals surface area (Å²) in [6.07, 6.45) is 0. The Hall–Kier alpha value is -1.32. The van der Waals surface area contributed by atoms with Crippen molar-refractivity contribution in [3.63, 3.8) is 0 Å². The van der Waals surface area contributed by atoms with Gasteiger partial charge in [0.05, 0.1) is 5.54 Å². The van der Waals surface area contributed by atoms with Gasteiger partial charge in [-0.1, -0.05) is 0 Å². The van der Waals surface area contributed by atoms with E-state index in [-0.39, 0.29) is 22.7 Å². The highest BCUT2D eigenvalue weighted by Gasteiger charge is 2.31. The standard InChI is InChI=1S/C10H15NO3/c1-6(12)8(7(2)13)9-11-10(3,4)5-14-9/h11H,5H2,1-4H3. The smallest absolute Gasteiger partial charge is 0.202 e. The molecule has 1 N–H and O–H groups in total. The fourth-order valence-corrected chi connectivity index (χ4v) is 1.33. The maximum Gasteiger partial charge on any atom is 0.202 e. The Bertz CT molecular complexity index is 299. The monoisotopic (exact) mass is 197 g/mol. The summed E-state index contributed by atoms with van der Waals surface area (Å²) in [6, 6.07) is 0. The van der Waals surface area contributed by atoms with E-state index in [0.29, 0.717) is 12.5 Å². The van der Waals surface area contributed by atoms with Gasteiger partial charge in [-0.25, -0.2) is 0 Å². The van der Waals surface area contributed by atoms with Gasteiger partial charge in [0, 0.05) is 0 Å². The first kappa shape index (κ1) is 10.8. The number of ketones is 2. The molecule has 0 saturated carbocycles. The first-order valence-electron chi connectivity index (χ1n) is 4.50. The molecule has 0 aromatic rings. The maximum atomic E-state index is 11.2. The number of ether oxygens (including phenoxy) is 1. The Morgan fingerprint density at radius 3 is 2.07 bits per heavy atom. The van der Waals surface area contributed by atoms with E-state index in [1.165, 1.54) is 13.8 Å². The zero-order valence-electron chi connectivity index (χ0n) is 8.93. The molecule has 0 unspecified atom stereocenters. The number of hydrogen-bond acceptors (Lipinski definition) is 4. The quantitative estimate of drug-likeness (QED) is 0.403. The van der Waals surface area contributed by atoms with Gasteiger partial charge in [-0.2, -0.15) is 0 Å². The second-order valence-corrected chi connectivity index (χ2v) is 4.11. The molecule has 1 heterocycles.